The molecule has 0 spiro atoms. The molecule has 2 bridgehead atoms. The van der Waals surface area contributed by atoms with E-state index in [4.69, 9.17) is 5.73 Å². The molecule has 0 radical (unpaired) electrons. The number of carbonyl (C=O) groups excluding carboxylic acids is 3. The number of hydrogen-bond acceptors (Lipinski definition) is 3. The first-order chi connectivity index (χ1) is 8.52. The summed E-state index contributed by atoms with van der Waals surface area (Å²) >= 11 is 0. The Morgan fingerprint density at radius 3 is 2.00 bits per heavy atom. The van der Waals surface area contributed by atoms with Gasteiger partial charge in [0.15, 0.2) is 0 Å². The van der Waals surface area contributed by atoms with Crippen LogP contribution in [0, 0.1) is 23.7 Å². The zero-order valence-electron chi connectivity index (χ0n) is 10.2. The molecular formula is C13H16N2O3. The molecule has 5 heteroatoms. The van der Waals surface area contributed by atoms with Crippen molar-refractivity contribution < 1.29 is 14.4 Å². The highest BCUT2D eigenvalue weighted by molar-refractivity contribution is 6.08. The molecule has 1 aliphatic heterocycles. The first-order valence-electron chi connectivity index (χ1n) is 6.37. The van der Waals surface area contributed by atoms with Gasteiger partial charge in [-0.15, -0.1) is 0 Å². The minimum atomic E-state index is -0.838. The minimum Gasteiger partial charge on any atom is -0.368 e. The number of amides is 3. The van der Waals surface area contributed by atoms with Crippen molar-refractivity contribution >= 4 is 17.7 Å². The minimum absolute atomic E-state index is 0.154. The lowest BCUT2D eigenvalue weighted by Crippen LogP contribution is -2.46. The molecule has 0 aromatic carbocycles. The van der Waals surface area contributed by atoms with Gasteiger partial charge < -0.3 is 5.73 Å². The molecule has 1 saturated carbocycles. The van der Waals surface area contributed by atoms with E-state index in [9.17, 15) is 14.4 Å². The van der Waals surface area contributed by atoms with E-state index in [1.165, 1.54) is 6.92 Å². The van der Waals surface area contributed by atoms with Crippen LogP contribution < -0.4 is 5.73 Å². The van der Waals surface area contributed by atoms with Crippen molar-refractivity contribution in [3.05, 3.63) is 12.2 Å². The smallest absolute Gasteiger partial charge is 0.240 e. The van der Waals surface area contributed by atoms with Gasteiger partial charge in [0.2, 0.25) is 17.7 Å². The molecule has 2 fully saturated rings. The molecule has 18 heavy (non-hydrogen) atoms. The summed E-state index contributed by atoms with van der Waals surface area (Å²) < 4.78 is 0. The highest BCUT2D eigenvalue weighted by atomic mass is 16.2. The molecule has 3 aliphatic carbocycles. The summed E-state index contributed by atoms with van der Waals surface area (Å²) in [7, 11) is 0. The highest BCUT2D eigenvalue weighted by Gasteiger charge is 2.57. The van der Waals surface area contributed by atoms with Crippen LogP contribution in [0.15, 0.2) is 12.2 Å². The van der Waals surface area contributed by atoms with Gasteiger partial charge in [0, 0.05) is 0 Å². The van der Waals surface area contributed by atoms with Gasteiger partial charge in [-0.2, -0.15) is 0 Å². The zero-order valence-corrected chi connectivity index (χ0v) is 10.2. The average Bonchev–Trinajstić information content (AvgIpc) is 2.65. The summed E-state index contributed by atoms with van der Waals surface area (Å²) in [6, 6.07) is -0.838. The molecule has 5 atom stereocenters. The Hall–Kier alpha value is -1.65. The van der Waals surface area contributed by atoms with Crippen molar-refractivity contribution in [3.63, 3.8) is 0 Å². The molecule has 2 N–H and O–H groups in total. The molecule has 0 aromatic heterocycles. The van der Waals surface area contributed by atoms with Crippen LogP contribution >= 0.6 is 0 Å². The normalized spacial score (nSPS) is 39.1. The summed E-state index contributed by atoms with van der Waals surface area (Å²) in [5, 5.41) is 0. The topological polar surface area (TPSA) is 80.5 Å². The monoisotopic (exact) mass is 248 g/mol. The van der Waals surface area contributed by atoms with Gasteiger partial charge in [0.1, 0.15) is 6.04 Å². The van der Waals surface area contributed by atoms with E-state index in [1.807, 2.05) is 0 Å². The lowest BCUT2D eigenvalue weighted by Gasteiger charge is -2.38. The third-order valence-electron chi connectivity index (χ3n) is 4.59. The summed E-state index contributed by atoms with van der Waals surface area (Å²) in [6.07, 6.45) is 6.03. The van der Waals surface area contributed by atoms with Crippen molar-refractivity contribution in [1.29, 1.82) is 0 Å². The average molecular weight is 248 g/mol. The van der Waals surface area contributed by atoms with Gasteiger partial charge in [0.25, 0.3) is 0 Å². The van der Waals surface area contributed by atoms with Crippen molar-refractivity contribution in [2.75, 3.05) is 0 Å². The molecule has 4 aliphatic rings. The summed E-state index contributed by atoms with van der Waals surface area (Å²) in [5.41, 5.74) is 5.21. The molecule has 1 heterocycles. The van der Waals surface area contributed by atoms with Crippen LogP contribution in [-0.4, -0.2) is 28.7 Å². The molecule has 0 aromatic rings. The fraction of sp³-hybridized carbons (Fsp3) is 0.615. The van der Waals surface area contributed by atoms with E-state index in [0.717, 1.165) is 17.7 Å². The van der Waals surface area contributed by atoms with Gasteiger partial charge in [-0.3, -0.25) is 19.3 Å². The Bertz CT molecular complexity index is 439. The van der Waals surface area contributed by atoms with Crippen molar-refractivity contribution in [1.82, 2.24) is 4.90 Å². The Kier molecular flexibility index (Phi) is 2.33. The molecule has 3 amide bonds. The molecule has 4 rings (SSSR count). The maximum Gasteiger partial charge on any atom is 0.240 e. The van der Waals surface area contributed by atoms with E-state index in [0.29, 0.717) is 0 Å². The number of allylic oxidation sites excluding steroid dienone is 2. The number of likely N-dealkylation sites (tertiary alicyclic amines) is 1. The van der Waals surface area contributed by atoms with E-state index >= 15 is 0 Å². The van der Waals surface area contributed by atoms with Crippen molar-refractivity contribution in [2.24, 2.45) is 29.4 Å². The SMILES string of the molecule is C[C@H](C(N)=O)N1C(=O)[C@@H]2[C@@H](C1=O)[C@H]1C=C[C@H]2CC1. The fourth-order valence-corrected chi connectivity index (χ4v) is 3.61. The number of nitrogens with two attached hydrogens (primary N) is 1. The van der Waals surface area contributed by atoms with Gasteiger partial charge in [-0.05, 0) is 31.6 Å². The number of hydrogen-bond donors (Lipinski definition) is 1. The van der Waals surface area contributed by atoms with Gasteiger partial charge in [-0.1, -0.05) is 12.2 Å². The Morgan fingerprint density at radius 1 is 1.22 bits per heavy atom. The third kappa shape index (κ3) is 1.30. The first-order valence-corrected chi connectivity index (χ1v) is 6.37. The number of nitrogens with zero attached hydrogens (tertiary/aromatic N) is 1. The van der Waals surface area contributed by atoms with E-state index < -0.39 is 11.9 Å². The number of imide groups is 1. The van der Waals surface area contributed by atoms with Crippen LogP contribution in [0.4, 0.5) is 0 Å². The Balaban J connectivity index is 1.97. The predicted octanol–water partition coefficient (Wildman–Crippen LogP) is 0.0574. The van der Waals surface area contributed by atoms with Crippen LogP contribution in [0.3, 0.4) is 0 Å². The Morgan fingerprint density at radius 2 is 1.67 bits per heavy atom. The number of carbonyl (C=O) groups is 3. The van der Waals surface area contributed by atoms with Crippen molar-refractivity contribution in [2.45, 2.75) is 25.8 Å². The summed E-state index contributed by atoms with van der Waals surface area (Å²) in [6.45, 7) is 1.52. The van der Waals surface area contributed by atoms with Gasteiger partial charge >= 0.3 is 0 Å². The first kappa shape index (κ1) is 11.4. The Labute approximate surface area is 105 Å². The largest absolute Gasteiger partial charge is 0.368 e. The van der Waals surface area contributed by atoms with E-state index in [2.05, 4.69) is 12.2 Å². The zero-order chi connectivity index (χ0) is 13.0. The van der Waals surface area contributed by atoms with Crippen LogP contribution in [-0.2, 0) is 14.4 Å². The number of fused-ring (bicyclic) bond motifs is 1. The molecule has 5 nitrogen and oxygen atoms in total. The standard InChI is InChI=1S/C13H16N2O3/c1-6(11(14)16)15-12(17)9-7-2-3-8(5-4-7)10(9)13(15)18/h2-3,6-10H,4-5H2,1H3,(H2,14,16)/t6-,7+,8+,9+,10+/m1/s1. The van der Waals surface area contributed by atoms with Crippen LogP contribution in [0.5, 0.6) is 0 Å². The molecule has 0 unspecified atom stereocenters. The summed E-state index contributed by atoms with van der Waals surface area (Å²) in [5.74, 6) is -1.27. The summed E-state index contributed by atoms with van der Waals surface area (Å²) in [4.78, 5) is 37.0. The second kappa shape index (κ2) is 3.67. The quantitative estimate of drug-likeness (QED) is 0.554. The maximum absolute atomic E-state index is 12.3. The van der Waals surface area contributed by atoms with Crippen LogP contribution in [0.25, 0.3) is 0 Å². The molecular weight excluding hydrogens is 232 g/mol. The van der Waals surface area contributed by atoms with Crippen LogP contribution in [0.1, 0.15) is 19.8 Å². The molecule has 1 saturated heterocycles. The fourth-order valence-electron chi connectivity index (χ4n) is 3.61. The second-order valence-electron chi connectivity index (χ2n) is 5.47. The van der Waals surface area contributed by atoms with Crippen LogP contribution in [0.2, 0.25) is 0 Å². The van der Waals surface area contributed by atoms with E-state index in [-0.39, 0.29) is 35.5 Å². The number of rotatable bonds is 2. The number of primary amides is 1. The highest BCUT2D eigenvalue weighted by Crippen LogP contribution is 2.49. The van der Waals surface area contributed by atoms with Crippen molar-refractivity contribution in [3.8, 4) is 0 Å². The lowest BCUT2D eigenvalue weighted by atomic mass is 9.63. The van der Waals surface area contributed by atoms with E-state index in [1.54, 1.807) is 0 Å². The lowest BCUT2D eigenvalue weighted by molar-refractivity contribution is -0.146. The van der Waals surface area contributed by atoms with Gasteiger partial charge in [0.05, 0.1) is 11.8 Å². The third-order valence-corrected chi connectivity index (χ3v) is 4.59. The molecule has 96 valence electrons. The second-order valence-corrected chi connectivity index (χ2v) is 5.47. The maximum atomic E-state index is 12.3. The predicted molar refractivity (Wildman–Crippen MR) is 62.8 cm³/mol. The van der Waals surface area contributed by atoms with Gasteiger partial charge in [-0.25, -0.2) is 0 Å².